The average Bonchev–Trinajstić information content (AvgIpc) is 3.30. The van der Waals surface area contributed by atoms with Crippen LogP contribution in [0, 0.1) is 6.92 Å². The molecule has 1 aliphatic rings. The van der Waals surface area contributed by atoms with Gasteiger partial charge in [0.05, 0.1) is 12.8 Å². The number of nitrogens with zero attached hydrogens (tertiary/aromatic N) is 5. The molecule has 3 aromatic rings. The van der Waals surface area contributed by atoms with Crippen LogP contribution in [-0.4, -0.2) is 40.9 Å². The first-order valence-corrected chi connectivity index (χ1v) is 10.3. The molecule has 1 N–H and O–H groups in total. The standard InChI is InChI=1S/C23H26N6O/c1-18-7-6-8-19(15-18)17-25-28-21-16-22(29-12-4-5-13-29)27-23(26-21)30-14-10-20-9-2-3-11-24-20/h2-3,6-9,11,15-17H,4-5,10,12-14H2,1H3,(H,26,27,28)/b25-17+. The lowest BCUT2D eigenvalue weighted by atomic mass is 10.2. The Morgan fingerprint density at radius 3 is 2.80 bits per heavy atom. The Morgan fingerprint density at radius 1 is 1.10 bits per heavy atom. The van der Waals surface area contributed by atoms with Crippen LogP contribution in [0.2, 0.25) is 0 Å². The molecule has 0 unspecified atom stereocenters. The zero-order valence-corrected chi connectivity index (χ0v) is 17.2. The number of hydrazone groups is 1. The highest BCUT2D eigenvalue weighted by Gasteiger charge is 2.16. The molecule has 1 fully saturated rings. The van der Waals surface area contributed by atoms with Crippen LogP contribution >= 0.6 is 0 Å². The van der Waals surface area contributed by atoms with Crippen molar-refractivity contribution in [1.82, 2.24) is 15.0 Å². The molecule has 154 valence electrons. The van der Waals surface area contributed by atoms with E-state index < -0.39 is 0 Å². The van der Waals surface area contributed by atoms with E-state index in [2.05, 4.69) is 49.4 Å². The molecule has 7 heteroatoms. The zero-order chi connectivity index (χ0) is 20.6. The topological polar surface area (TPSA) is 75.5 Å². The second-order valence-electron chi connectivity index (χ2n) is 7.29. The summed E-state index contributed by atoms with van der Waals surface area (Å²) in [5, 5.41) is 4.34. The highest BCUT2D eigenvalue weighted by molar-refractivity contribution is 5.80. The lowest BCUT2D eigenvalue weighted by Crippen LogP contribution is -2.20. The summed E-state index contributed by atoms with van der Waals surface area (Å²) in [6.45, 7) is 4.52. The molecule has 1 aliphatic heterocycles. The summed E-state index contributed by atoms with van der Waals surface area (Å²) in [6, 6.07) is 16.3. The van der Waals surface area contributed by atoms with Gasteiger partial charge in [0.2, 0.25) is 0 Å². The molecule has 0 saturated carbocycles. The van der Waals surface area contributed by atoms with Crippen molar-refractivity contribution >= 4 is 17.9 Å². The van der Waals surface area contributed by atoms with Gasteiger partial charge in [-0.25, -0.2) is 0 Å². The van der Waals surface area contributed by atoms with Gasteiger partial charge in [0.15, 0.2) is 5.82 Å². The van der Waals surface area contributed by atoms with E-state index in [-0.39, 0.29) is 0 Å². The van der Waals surface area contributed by atoms with E-state index in [0.717, 1.165) is 30.2 Å². The number of hydrogen-bond donors (Lipinski definition) is 1. The van der Waals surface area contributed by atoms with Crippen LogP contribution in [0.3, 0.4) is 0 Å². The second-order valence-corrected chi connectivity index (χ2v) is 7.29. The quantitative estimate of drug-likeness (QED) is 0.456. The SMILES string of the molecule is Cc1cccc(/C=N/Nc2cc(N3CCCC3)nc(OCCc3ccccn3)n2)c1. The smallest absolute Gasteiger partial charge is 0.320 e. The van der Waals surface area contributed by atoms with Gasteiger partial charge < -0.3 is 9.64 Å². The van der Waals surface area contributed by atoms with Crippen molar-refractivity contribution < 1.29 is 4.74 Å². The predicted octanol–water partition coefficient (Wildman–Crippen LogP) is 3.85. The zero-order valence-electron chi connectivity index (χ0n) is 17.2. The molecule has 0 radical (unpaired) electrons. The van der Waals surface area contributed by atoms with Gasteiger partial charge in [-0.1, -0.05) is 35.9 Å². The minimum atomic E-state index is 0.351. The van der Waals surface area contributed by atoms with Crippen LogP contribution in [0.5, 0.6) is 6.01 Å². The molecule has 0 spiro atoms. The van der Waals surface area contributed by atoms with Gasteiger partial charge in [-0.05, 0) is 37.5 Å². The van der Waals surface area contributed by atoms with E-state index in [1.54, 1.807) is 12.4 Å². The van der Waals surface area contributed by atoms with Crippen molar-refractivity contribution in [3.05, 3.63) is 71.5 Å². The summed E-state index contributed by atoms with van der Waals surface area (Å²) in [4.78, 5) is 15.7. The van der Waals surface area contributed by atoms with Gasteiger partial charge in [-0.15, -0.1) is 0 Å². The maximum atomic E-state index is 5.85. The maximum absolute atomic E-state index is 5.85. The molecule has 30 heavy (non-hydrogen) atoms. The van der Waals surface area contributed by atoms with Crippen molar-refractivity contribution in [2.75, 3.05) is 30.0 Å². The number of pyridine rings is 1. The second kappa shape index (κ2) is 9.82. The van der Waals surface area contributed by atoms with Crippen LogP contribution in [0.15, 0.2) is 59.8 Å². The highest BCUT2D eigenvalue weighted by atomic mass is 16.5. The summed E-state index contributed by atoms with van der Waals surface area (Å²) < 4.78 is 5.85. The Bertz CT molecular complexity index is 986. The van der Waals surface area contributed by atoms with E-state index >= 15 is 0 Å². The molecular weight excluding hydrogens is 376 g/mol. The third-order valence-electron chi connectivity index (χ3n) is 4.87. The molecule has 3 heterocycles. The number of hydrogen-bond acceptors (Lipinski definition) is 7. The molecule has 0 bridgehead atoms. The third kappa shape index (κ3) is 5.53. The van der Waals surface area contributed by atoms with Gasteiger partial charge in [0.25, 0.3) is 0 Å². The summed E-state index contributed by atoms with van der Waals surface area (Å²) in [7, 11) is 0. The fourth-order valence-corrected chi connectivity index (χ4v) is 3.36. The molecule has 0 amide bonds. The van der Waals surface area contributed by atoms with Crippen LogP contribution in [0.1, 0.15) is 29.7 Å². The summed E-state index contributed by atoms with van der Waals surface area (Å²) in [5.41, 5.74) is 6.23. The molecule has 0 aliphatic carbocycles. The van der Waals surface area contributed by atoms with Gasteiger partial charge in [0.1, 0.15) is 5.82 Å². The van der Waals surface area contributed by atoms with Gasteiger partial charge in [-0.3, -0.25) is 10.4 Å². The Morgan fingerprint density at radius 2 is 2.00 bits per heavy atom. The number of ether oxygens (including phenoxy) is 1. The largest absolute Gasteiger partial charge is 0.463 e. The van der Waals surface area contributed by atoms with Crippen molar-refractivity contribution in [3.63, 3.8) is 0 Å². The Balaban J connectivity index is 1.45. The Labute approximate surface area is 176 Å². The molecule has 4 rings (SSSR count). The van der Waals surface area contributed by atoms with Gasteiger partial charge >= 0.3 is 6.01 Å². The van der Waals surface area contributed by atoms with E-state index in [1.807, 2.05) is 36.4 Å². The predicted molar refractivity (Wildman–Crippen MR) is 119 cm³/mol. The van der Waals surface area contributed by atoms with Gasteiger partial charge in [0, 0.05) is 37.5 Å². The molecule has 7 nitrogen and oxygen atoms in total. The minimum Gasteiger partial charge on any atom is -0.463 e. The summed E-state index contributed by atoms with van der Waals surface area (Å²) in [6.07, 6.45) is 6.62. The summed E-state index contributed by atoms with van der Waals surface area (Å²) in [5.74, 6) is 1.48. The van der Waals surface area contributed by atoms with Crippen LogP contribution in [0.4, 0.5) is 11.6 Å². The molecule has 1 saturated heterocycles. The first-order chi connectivity index (χ1) is 14.8. The average molecular weight is 403 g/mol. The van der Waals surface area contributed by atoms with E-state index in [0.29, 0.717) is 24.9 Å². The lowest BCUT2D eigenvalue weighted by molar-refractivity contribution is 0.295. The fourth-order valence-electron chi connectivity index (χ4n) is 3.36. The first kappa shape index (κ1) is 19.8. The molecule has 0 atom stereocenters. The number of aromatic nitrogens is 3. The minimum absolute atomic E-state index is 0.351. The van der Waals surface area contributed by atoms with Crippen molar-refractivity contribution in [2.45, 2.75) is 26.2 Å². The van der Waals surface area contributed by atoms with Crippen LogP contribution in [0.25, 0.3) is 0 Å². The third-order valence-corrected chi connectivity index (χ3v) is 4.87. The molecule has 2 aromatic heterocycles. The molecular formula is C23H26N6O. The van der Waals surface area contributed by atoms with Crippen molar-refractivity contribution in [3.8, 4) is 6.01 Å². The van der Waals surface area contributed by atoms with Crippen LogP contribution in [-0.2, 0) is 6.42 Å². The van der Waals surface area contributed by atoms with E-state index in [4.69, 9.17) is 4.74 Å². The van der Waals surface area contributed by atoms with Crippen LogP contribution < -0.4 is 15.1 Å². The number of benzene rings is 1. The van der Waals surface area contributed by atoms with E-state index in [1.165, 1.54) is 18.4 Å². The number of aryl methyl sites for hydroxylation is 1. The number of rotatable bonds is 8. The monoisotopic (exact) mass is 402 g/mol. The number of nitrogens with one attached hydrogen (secondary N) is 1. The van der Waals surface area contributed by atoms with E-state index in [9.17, 15) is 0 Å². The fraction of sp³-hybridized carbons (Fsp3) is 0.304. The summed E-state index contributed by atoms with van der Waals surface area (Å²) >= 11 is 0. The number of anilines is 2. The Hall–Kier alpha value is -3.48. The highest BCUT2D eigenvalue weighted by Crippen LogP contribution is 2.23. The lowest BCUT2D eigenvalue weighted by Gasteiger charge is -2.17. The Kier molecular flexibility index (Phi) is 6.49. The normalized spacial score (nSPS) is 13.7. The van der Waals surface area contributed by atoms with Crippen molar-refractivity contribution in [2.24, 2.45) is 5.10 Å². The van der Waals surface area contributed by atoms with Gasteiger partial charge in [-0.2, -0.15) is 15.1 Å². The first-order valence-electron chi connectivity index (χ1n) is 10.3. The molecule has 1 aromatic carbocycles. The van der Waals surface area contributed by atoms with Crippen molar-refractivity contribution in [1.29, 1.82) is 0 Å². The maximum Gasteiger partial charge on any atom is 0.320 e.